The Hall–Kier alpha value is -4.37. The first-order chi connectivity index (χ1) is 22.2. The van der Waals surface area contributed by atoms with Gasteiger partial charge in [0.25, 0.3) is 5.91 Å². The van der Waals surface area contributed by atoms with Crippen molar-refractivity contribution in [2.45, 2.75) is 52.5 Å². The highest BCUT2D eigenvalue weighted by atomic mass is 35.5. The second-order valence-corrected chi connectivity index (χ2v) is 12.3. The van der Waals surface area contributed by atoms with Gasteiger partial charge in [-0.05, 0) is 54.2 Å². The summed E-state index contributed by atoms with van der Waals surface area (Å²) in [6.07, 6.45) is 2.95. The zero-order chi connectivity index (χ0) is 34.3. The number of rotatable bonds is 7. The molecule has 7 nitrogen and oxygen atoms in total. The maximum atomic E-state index is 15.6. The number of halogens is 3. The van der Waals surface area contributed by atoms with E-state index >= 15 is 4.39 Å². The molecule has 10 heteroatoms. The molecule has 1 aliphatic heterocycles. The van der Waals surface area contributed by atoms with Crippen LogP contribution in [0.25, 0.3) is 33.8 Å². The molecule has 1 aliphatic rings. The van der Waals surface area contributed by atoms with E-state index in [-0.39, 0.29) is 59.2 Å². The number of pyridine rings is 1. The van der Waals surface area contributed by atoms with Crippen LogP contribution in [-0.2, 0) is 4.79 Å². The molecule has 0 unspecified atom stereocenters. The second kappa shape index (κ2) is 12.6. The minimum atomic E-state index is -1.04. The molecule has 234 valence electrons. The number of carbonyl (C=O) groups excluding carboxylic acids is 1. The van der Waals surface area contributed by atoms with Gasteiger partial charge < -0.3 is 9.80 Å². The number of amides is 1. The molecular weight excluding hydrogens is 596 g/mol. The molecule has 0 N–H and O–H groups in total. The number of anilines is 1. The fourth-order valence-electron chi connectivity index (χ4n) is 6.05. The molecule has 0 aliphatic carbocycles. The SMILES string of the molecule is [2H]C([2H])=Cc1cccc(F)c1-c1cc2c(cc1Cl)c(N1CCN(C(=O)C(=C)F)C[C@@H]1C)nc(=O)n2-c1c(C(C)C)ccnc1C(C)C. The Morgan fingerprint density at radius 3 is 2.58 bits per heavy atom. The van der Waals surface area contributed by atoms with Gasteiger partial charge in [-0.2, -0.15) is 4.98 Å². The van der Waals surface area contributed by atoms with Crippen molar-refractivity contribution in [2.24, 2.45) is 0 Å². The van der Waals surface area contributed by atoms with Crippen molar-refractivity contribution in [1.82, 2.24) is 19.4 Å². The maximum Gasteiger partial charge on any atom is 0.354 e. The van der Waals surface area contributed by atoms with Crippen molar-refractivity contribution in [3.8, 4) is 16.8 Å². The molecule has 4 aromatic rings. The van der Waals surface area contributed by atoms with Gasteiger partial charge in [0.1, 0.15) is 11.6 Å². The molecule has 1 amide bonds. The van der Waals surface area contributed by atoms with E-state index in [4.69, 9.17) is 14.3 Å². The van der Waals surface area contributed by atoms with Gasteiger partial charge in [-0.3, -0.25) is 14.3 Å². The van der Waals surface area contributed by atoms with Crippen molar-refractivity contribution < 1.29 is 16.3 Å². The Labute approximate surface area is 269 Å². The van der Waals surface area contributed by atoms with E-state index in [9.17, 15) is 14.0 Å². The Morgan fingerprint density at radius 1 is 1.18 bits per heavy atom. The summed E-state index contributed by atoms with van der Waals surface area (Å²) in [4.78, 5) is 39.2. The van der Waals surface area contributed by atoms with Gasteiger partial charge in [-0.25, -0.2) is 13.6 Å². The van der Waals surface area contributed by atoms with Crippen molar-refractivity contribution in [3.05, 3.63) is 99.7 Å². The van der Waals surface area contributed by atoms with Crippen molar-refractivity contribution >= 4 is 40.3 Å². The van der Waals surface area contributed by atoms with E-state index in [1.165, 1.54) is 27.7 Å². The lowest BCUT2D eigenvalue weighted by Gasteiger charge is -2.40. The van der Waals surface area contributed by atoms with Gasteiger partial charge in [0.05, 0.1) is 19.6 Å². The lowest BCUT2D eigenvalue weighted by atomic mass is 9.95. The highest BCUT2D eigenvalue weighted by molar-refractivity contribution is 6.34. The molecule has 0 spiro atoms. The minimum absolute atomic E-state index is 0.00521. The molecule has 3 heterocycles. The van der Waals surface area contributed by atoms with Gasteiger partial charge in [-0.1, -0.05) is 70.6 Å². The first-order valence-electron chi connectivity index (χ1n) is 15.8. The largest absolute Gasteiger partial charge is 0.354 e. The number of nitrogens with zero attached hydrogens (tertiary/aromatic N) is 5. The average Bonchev–Trinajstić information content (AvgIpc) is 3.00. The Morgan fingerprint density at radius 2 is 1.93 bits per heavy atom. The Balaban J connectivity index is 1.87. The molecule has 0 saturated carbocycles. The van der Waals surface area contributed by atoms with Gasteiger partial charge in [-0.15, -0.1) is 0 Å². The monoisotopic (exact) mass is 633 g/mol. The van der Waals surface area contributed by atoms with Gasteiger partial charge in [0.2, 0.25) is 0 Å². The van der Waals surface area contributed by atoms with Crippen LogP contribution in [0.4, 0.5) is 14.6 Å². The molecule has 1 fully saturated rings. The van der Waals surface area contributed by atoms with Crippen LogP contribution >= 0.6 is 11.6 Å². The van der Waals surface area contributed by atoms with E-state index < -0.39 is 29.8 Å². The highest BCUT2D eigenvalue weighted by Gasteiger charge is 2.32. The number of hydrogen-bond acceptors (Lipinski definition) is 5. The predicted molar refractivity (Wildman–Crippen MR) is 177 cm³/mol. The van der Waals surface area contributed by atoms with Crippen molar-refractivity contribution in [1.29, 1.82) is 0 Å². The summed E-state index contributed by atoms with van der Waals surface area (Å²) in [5.41, 5.74) is 2.57. The van der Waals surface area contributed by atoms with Crippen LogP contribution in [0.15, 0.2) is 66.3 Å². The zero-order valence-electron chi connectivity index (χ0n) is 27.9. The van der Waals surface area contributed by atoms with E-state index in [1.54, 1.807) is 24.4 Å². The van der Waals surface area contributed by atoms with Crippen LogP contribution < -0.4 is 10.6 Å². The highest BCUT2D eigenvalue weighted by Crippen LogP contribution is 2.40. The molecule has 2 aromatic heterocycles. The third-order valence-corrected chi connectivity index (χ3v) is 8.54. The standard InChI is InChI=1S/C35H36ClF2N5O2/c1-8-23-10-9-11-28(38)30(23)25-17-29-26(16-27(25)36)33(42-15-14-41(18-21(42)6)34(44)22(7)37)40-35(45)43(29)32-24(19(2)3)12-13-39-31(32)20(4)5/h8-13,16-17,19-21H,1,7,14-15,18H2,2-6H3/t21-/m0/s1/i1D2. The third-order valence-electron chi connectivity index (χ3n) is 8.23. The Kier molecular flexibility index (Phi) is 8.19. The van der Waals surface area contributed by atoms with E-state index in [1.807, 2.05) is 45.6 Å². The van der Waals surface area contributed by atoms with Gasteiger partial charge >= 0.3 is 5.69 Å². The van der Waals surface area contributed by atoms with E-state index in [0.29, 0.717) is 28.1 Å². The minimum Gasteiger partial charge on any atom is -0.350 e. The third kappa shape index (κ3) is 5.77. The number of benzene rings is 2. The van der Waals surface area contributed by atoms with E-state index in [2.05, 4.69) is 16.5 Å². The molecule has 45 heavy (non-hydrogen) atoms. The molecule has 0 bridgehead atoms. The molecule has 0 radical (unpaired) electrons. The summed E-state index contributed by atoms with van der Waals surface area (Å²) in [6.45, 7) is 13.1. The number of hydrogen-bond donors (Lipinski definition) is 0. The summed E-state index contributed by atoms with van der Waals surface area (Å²) in [6, 6.07) is 9.15. The van der Waals surface area contributed by atoms with Crippen molar-refractivity contribution in [2.75, 3.05) is 24.5 Å². The zero-order valence-corrected chi connectivity index (χ0v) is 26.6. The average molecular weight is 634 g/mol. The first kappa shape index (κ1) is 29.3. The van der Waals surface area contributed by atoms with Crippen LogP contribution in [0.2, 0.25) is 5.02 Å². The van der Waals surface area contributed by atoms with Crippen LogP contribution in [-0.4, -0.2) is 51.0 Å². The van der Waals surface area contributed by atoms with Crippen LogP contribution in [0.5, 0.6) is 0 Å². The van der Waals surface area contributed by atoms with Gasteiger partial charge in [0.15, 0.2) is 5.83 Å². The number of fused-ring (bicyclic) bond motifs is 1. The number of piperazine rings is 1. The number of carbonyl (C=O) groups is 1. The van der Waals surface area contributed by atoms with E-state index in [0.717, 1.165) is 5.56 Å². The molecule has 1 saturated heterocycles. The lowest BCUT2D eigenvalue weighted by molar-refractivity contribution is -0.129. The lowest BCUT2D eigenvalue weighted by Crippen LogP contribution is -2.54. The van der Waals surface area contributed by atoms with Crippen LogP contribution in [0.1, 0.15) is 66.0 Å². The quantitative estimate of drug-likeness (QED) is 0.196. The molecular formula is C35H36ClF2N5O2. The Bertz CT molecular complexity index is 1970. The predicted octanol–water partition coefficient (Wildman–Crippen LogP) is 7.65. The fourth-order valence-corrected chi connectivity index (χ4v) is 6.31. The second-order valence-electron chi connectivity index (χ2n) is 11.9. The topological polar surface area (TPSA) is 71.3 Å². The fraction of sp³-hybridized carbons (Fsp3) is 0.314. The maximum absolute atomic E-state index is 15.6. The first-order valence-corrected chi connectivity index (χ1v) is 15.2. The van der Waals surface area contributed by atoms with Crippen LogP contribution in [0, 0.1) is 5.82 Å². The van der Waals surface area contributed by atoms with Crippen LogP contribution in [0.3, 0.4) is 0 Å². The number of aromatic nitrogens is 3. The van der Waals surface area contributed by atoms with Gasteiger partial charge in [0, 0.05) is 53.4 Å². The summed E-state index contributed by atoms with van der Waals surface area (Å²) in [5.74, 6) is -2.17. The molecule has 5 rings (SSSR count). The molecule has 2 aromatic carbocycles. The van der Waals surface area contributed by atoms with Crippen molar-refractivity contribution in [3.63, 3.8) is 0 Å². The summed E-state index contributed by atoms with van der Waals surface area (Å²) < 4.78 is 46.2. The smallest absolute Gasteiger partial charge is 0.350 e. The normalized spacial score (nSPS) is 15.8. The molecule has 1 atom stereocenters. The summed E-state index contributed by atoms with van der Waals surface area (Å²) in [7, 11) is 0. The summed E-state index contributed by atoms with van der Waals surface area (Å²) >= 11 is 6.94. The summed E-state index contributed by atoms with van der Waals surface area (Å²) in [5, 5.41) is 0.666.